The molecule has 3 rings (SSSR count). The van der Waals surface area contributed by atoms with Crippen molar-refractivity contribution in [1.82, 2.24) is 0 Å². The van der Waals surface area contributed by atoms with Gasteiger partial charge in [-0.05, 0) is 49.8 Å². The summed E-state index contributed by atoms with van der Waals surface area (Å²) < 4.78 is 10.4. The molecule has 2 aromatic rings. The third-order valence-corrected chi connectivity index (χ3v) is 4.86. The monoisotopic (exact) mass is 417 g/mol. The number of hydrogen-bond donors (Lipinski definition) is 0. The van der Waals surface area contributed by atoms with Gasteiger partial charge in [0.1, 0.15) is 12.4 Å². The first-order valence-electron chi connectivity index (χ1n) is 9.67. The van der Waals surface area contributed by atoms with Gasteiger partial charge >= 0.3 is 5.97 Å². The molecule has 0 saturated carbocycles. The molecule has 0 saturated heterocycles. The van der Waals surface area contributed by atoms with E-state index in [0.717, 1.165) is 5.56 Å². The number of methoxy groups -OCH3 is 1. The summed E-state index contributed by atoms with van der Waals surface area (Å²) in [6, 6.07) is 13.9. The van der Waals surface area contributed by atoms with Gasteiger partial charge in [0.15, 0.2) is 5.78 Å². The van der Waals surface area contributed by atoms with Crippen molar-refractivity contribution < 1.29 is 23.9 Å². The van der Waals surface area contributed by atoms with E-state index in [-0.39, 0.29) is 22.8 Å². The summed E-state index contributed by atoms with van der Waals surface area (Å²) in [6.07, 6.45) is 3.29. The van der Waals surface area contributed by atoms with Crippen molar-refractivity contribution in [3.05, 3.63) is 89.2 Å². The van der Waals surface area contributed by atoms with E-state index in [1.165, 1.54) is 18.9 Å². The van der Waals surface area contributed by atoms with Crippen LogP contribution < -0.4 is 9.64 Å². The number of Topliss-reactive ketones (excluding diaryl/α,β-unsaturated/α-hetero) is 1. The second-order valence-corrected chi connectivity index (χ2v) is 6.93. The third kappa shape index (κ3) is 4.48. The molecule has 158 valence electrons. The molecule has 0 unspecified atom stereocenters. The lowest BCUT2D eigenvalue weighted by Crippen LogP contribution is -2.24. The van der Waals surface area contributed by atoms with Crippen molar-refractivity contribution in [2.75, 3.05) is 18.6 Å². The number of benzene rings is 2. The first-order chi connectivity index (χ1) is 14.9. The normalized spacial score (nSPS) is 14.7. The number of rotatable bonds is 7. The van der Waals surface area contributed by atoms with Gasteiger partial charge in [-0.3, -0.25) is 14.5 Å². The van der Waals surface area contributed by atoms with E-state index in [9.17, 15) is 14.4 Å². The number of anilines is 1. The molecule has 0 spiro atoms. The van der Waals surface area contributed by atoms with Crippen LogP contribution in [0.5, 0.6) is 5.75 Å². The molecule has 0 N–H and O–H groups in total. The second kappa shape index (κ2) is 9.26. The number of ketones is 1. The molecule has 0 aromatic heterocycles. The minimum atomic E-state index is -0.603. The van der Waals surface area contributed by atoms with Gasteiger partial charge in [0.25, 0.3) is 5.91 Å². The summed E-state index contributed by atoms with van der Waals surface area (Å²) in [4.78, 5) is 39.0. The van der Waals surface area contributed by atoms with Gasteiger partial charge in [-0.15, -0.1) is 0 Å². The molecule has 0 bridgehead atoms. The highest BCUT2D eigenvalue weighted by Gasteiger charge is 2.38. The number of ether oxygens (including phenoxy) is 2. The molecule has 0 atom stereocenters. The summed E-state index contributed by atoms with van der Waals surface area (Å²) in [5, 5.41) is 0. The number of amides is 1. The van der Waals surface area contributed by atoms with Crippen LogP contribution in [-0.2, 0) is 14.3 Å². The van der Waals surface area contributed by atoms with Crippen molar-refractivity contribution in [3.63, 3.8) is 0 Å². The summed E-state index contributed by atoms with van der Waals surface area (Å²) in [7, 11) is 1.27. The number of carbonyl (C=O) groups is 3. The van der Waals surface area contributed by atoms with Gasteiger partial charge in [0.2, 0.25) is 0 Å². The highest BCUT2D eigenvalue weighted by Crippen LogP contribution is 2.35. The molecule has 1 aliphatic rings. The Hall–Kier alpha value is -3.93. The van der Waals surface area contributed by atoms with Gasteiger partial charge < -0.3 is 9.47 Å². The predicted molar refractivity (Wildman–Crippen MR) is 119 cm³/mol. The average molecular weight is 417 g/mol. The minimum Gasteiger partial charge on any atom is -0.490 e. The minimum absolute atomic E-state index is 0.113. The Morgan fingerprint density at radius 3 is 2.45 bits per heavy atom. The van der Waals surface area contributed by atoms with Crippen LogP contribution in [0.2, 0.25) is 0 Å². The van der Waals surface area contributed by atoms with Crippen molar-refractivity contribution in [3.8, 4) is 5.75 Å². The number of nitrogens with zero attached hydrogens (tertiary/aromatic N) is 1. The Labute approximate surface area is 181 Å². The van der Waals surface area contributed by atoms with E-state index in [0.29, 0.717) is 29.3 Å². The van der Waals surface area contributed by atoms with Gasteiger partial charge in [-0.2, -0.15) is 0 Å². The quantitative estimate of drug-likeness (QED) is 0.290. The van der Waals surface area contributed by atoms with E-state index in [1.807, 2.05) is 0 Å². The molecule has 0 aliphatic carbocycles. The fourth-order valence-corrected chi connectivity index (χ4v) is 3.34. The highest BCUT2D eigenvalue weighted by molar-refractivity contribution is 6.24. The first-order valence-corrected chi connectivity index (χ1v) is 9.67. The standard InChI is InChI=1S/C25H23NO5/c1-5-13-31-21-11-9-18(10-12-21)14-22-23(25(29)30-4)16(2)26(24(22)28)20-8-6-7-19(15-20)17(3)27/h5-12,14-15H,1,13H2,2-4H3/b22-14-. The van der Waals surface area contributed by atoms with Crippen molar-refractivity contribution in [2.45, 2.75) is 13.8 Å². The van der Waals surface area contributed by atoms with Gasteiger partial charge in [-0.25, -0.2) is 4.79 Å². The summed E-state index contributed by atoms with van der Waals surface area (Å²) in [5.41, 5.74) is 2.56. The molecule has 6 heteroatoms. The maximum atomic E-state index is 13.3. The molecule has 2 aromatic carbocycles. The molecule has 1 heterocycles. The number of carbonyl (C=O) groups excluding carboxylic acids is 3. The zero-order chi connectivity index (χ0) is 22.5. The summed E-state index contributed by atoms with van der Waals surface area (Å²) in [6.45, 7) is 7.14. The van der Waals surface area contributed by atoms with Crippen LogP contribution in [0.15, 0.2) is 78.0 Å². The van der Waals surface area contributed by atoms with Crippen LogP contribution in [0, 0.1) is 0 Å². The molecule has 31 heavy (non-hydrogen) atoms. The summed E-state index contributed by atoms with van der Waals surface area (Å²) >= 11 is 0. The maximum absolute atomic E-state index is 13.3. The van der Waals surface area contributed by atoms with Crippen LogP contribution >= 0.6 is 0 Å². The summed E-state index contributed by atoms with van der Waals surface area (Å²) in [5.74, 6) is -0.418. The van der Waals surface area contributed by atoms with Gasteiger partial charge in [0.05, 0.1) is 18.3 Å². The maximum Gasteiger partial charge on any atom is 0.340 e. The van der Waals surface area contributed by atoms with E-state index in [1.54, 1.807) is 67.6 Å². The Morgan fingerprint density at radius 2 is 1.84 bits per heavy atom. The second-order valence-electron chi connectivity index (χ2n) is 6.93. The van der Waals surface area contributed by atoms with Crippen molar-refractivity contribution in [2.24, 2.45) is 0 Å². The molecular weight excluding hydrogens is 394 g/mol. The van der Waals surface area contributed by atoms with Gasteiger partial charge in [-0.1, -0.05) is 36.9 Å². The van der Waals surface area contributed by atoms with Gasteiger partial charge in [0, 0.05) is 16.9 Å². The molecule has 1 amide bonds. The van der Waals surface area contributed by atoms with Crippen LogP contribution in [0.1, 0.15) is 29.8 Å². The fraction of sp³-hybridized carbons (Fsp3) is 0.160. The van der Waals surface area contributed by atoms with E-state index in [4.69, 9.17) is 9.47 Å². The van der Waals surface area contributed by atoms with Crippen molar-refractivity contribution >= 4 is 29.4 Å². The average Bonchev–Trinajstić information content (AvgIpc) is 3.02. The first kappa shape index (κ1) is 21.8. The Kier molecular flexibility index (Phi) is 6.50. The SMILES string of the molecule is C=CCOc1ccc(/C=C2\C(=O)N(c3cccc(C(C)=O)c3)C(C)=C2C(=O)OC)cc1. The number of allylic oxidation sites excluding steroid dienone is 1. The fourth-order valence-electron chi connectivity index (χ4n) is 3.34. The largest absolute Gasteiger partial charge is 0.490 e. The molecule has 0 fully saturated rings. The van der Waals surface area contributed by atoms with E-state index in [2.05, 4.69) is 6.58 Å². The molecule has 6 nitrogen and oxygen atoms in total. The molecule has 1 aliphatic heterocycles. The Balaban J connectivity index is 2.04. The van der Waals surface area contributed by atoms with Crippen LogP contribution in [-0.4, -0.2) is 31.4 Å². The van der Waals surface area contributed by atoms with E-state index >= 15 is 0 Å². The predicted octanol–water partition coefficient (Wildman–Crippen LogP) is 4.33. The Bertz CT molecular complexity index is 1110. The highest BCUT2D eigenvalue weighted by atomic mass is 16.5. The van der Waals surface area contributed by atoms with Crippen LogP contribution in [0.4, 0.5) is 5.69 Å². The number of hydrogen-bond acceptors (Lipinski definition) is 5. The molecular formula is C25H23NO5. The lowest BCUT2D eigenvalue weighted by molar-refractivity contribution is -0.136. The topological polar surface area (TPSA) is 72.9 Å². The van der Waals surface area contributed by atoms with Crippen molar-refractivity contribution in [1.29, 1.82) is 0 Å². The zero-order valence-electron chi connectivity index (χ0n) is 17.7. The van der Waals surface area contributed by atoms with Crippen LogP contribution in [0.25, 0.3) is 6.08 Å². The number of esters is 1. The smallest absolute Gasteiger partial charge is 0.340 e. The third-order valence-electron chi connectivity index (χ3n) is 4.86. The molecule has 0 radical (unpaired) electrons. The zero-order valence-corrected chi connectivity index (χ0v) is 17.7. The lowest BCUT2D eigenvalue weighted by Gasteiger charge is -2.18. The Morgan fingerprint density at radius 1 is 1.13 bits per heavy atom. The lowest BCUT2D eigenvalue weighted by atomic mass is 10.0. The van der Waals surface area contributed by atoms with Crippen LogP contribution in [0.3, 0.4) is 0 Å². The van der Waals surface area contributed by atoms with E-state index < -0.39 is 5.97 Å².